The van der Waals surface area contributed by atoms with Gasteiger partial charge < -0.3 is 4.74 Å². The summed E-state index contributed by atoms with van der Waals surface area (Å²) in [7, 11) is 1.38. The van der Waals surface area contributed by atoms with Crippen LogP contribution in [0.5, 0.6) is 0 Å². The van der Waals surface area contributed by atoms with E-state index in [-0.39, 0.29) is 5.97 Å². The van der Waals surface area contributed by atoms with E-state index in [0.717, 1.165) is 10.6 Å². The van der Waals surface area contributed by atoms with E-state index in [4.69, 9.17) is 0 Å². The van der Waals surface area contributed by atoms with Crippen LogP contribution in [-0.4, -0.2) is 18.1 Å². The summed E-state index contributed by atoms with van der Waals surface area (Å²) in [4.78, 5) is 15.9. The molecular weight excluding hydrogens is 194 g/mol. The third kappa shape index (κ3) is 2.22. The van der Waals surface area contributed by atoms with Gasteiger partial charge in [0, 0.05) is 4.88 Å². The molecule has 1 aromatic heterocycles. The van der Waals surface area contributed by atoms with Gasteiger partial charge in [0.05, 0.1) is 19.2 Å². The fourth-order valence-electron chi connectivity index (χ4n) is 0.780. The van der Waals surface area contributed by atoms with Gasteiger partial charge in [0.1, 0.15) is 4.34 Å². The number of carbonyl (C=O) groups excluding carboxylic acids is 1. The maximum Gasteiger partial charge on any atom is 0.310 e. The lowest BCUT2D eigenvalue weighted by atomic mass is 10.3. The van der Waals surface area contributed by atoms with Gasteiger partial charge in [0.15, 0.2) is 0 Å². The topological polar surface area (TPSA) is 39.2 Å². The van der Waals surface area contributed by atoms with Gasteiger partial charge >= 0.3 is 5.97 Å². The molecule has 0 spiro atoms. The molecule has 1 heterocycles. The quantitative estimate of drug-likeness (QED) is 0.584. The molecule has 1 rings (SSSR count). The first-order valence-electron chi connectivity index (χ1n) is 3.35. The van der Waals surface area contributed by atoms with Gasteiger partial charge in [-0.15, -0.1) is 24.0 Å². The number of hydrogen-bond acceptors (Lipinski definition) is 5. The van der Waals surface area contributed by atoms with Gasteiger partial charge in [-0.3, -0.25) is 4.79 Å². The summed E-state index contributed by atoms with van der Waals surface area (Å²) in [5.41, 5.74) is 0.857. The van der Waals surface area contributed by atoms with E-state index in [1.165, 1.54) is 18.4 Å². The lowest BCUT2D eigenvalue weighted by molar-refractivity contribution is -0.139. The molecule has 0 amide bonds. The van der Waals surface area contributed by atoms with Gasteiger partial charge in [-0.2, -0.15) is 0 Å². The van der Waals surface area contributed by atoms with Crippen LogP contribution in [0.4, 0.5) is 0 Å². The number of methoxy groups -OCH3 is 1. The number of carbonyl (C=O) groups is 1. The molecule has 0 atom stereocenters. The summed E-state index contributed by atoms with van der Waals surface area (Å²) in [6.45, 7) is 1.86. The normalized spacial score (nSPS) is 9.92. The van der Waals surface area contributed by atoms with Crippen molar-refractivity contribution in [1.29, 1.82) is 0 Å². The highest BCUT2D eigenvalue weighted by molar-refractivity contribution is 7.82. The second-order valence-electron chi connectivity index (χ2n) is 2.26. The molecule has 0 N–H and O–H groups in total. The van der Waals surface area contributed by atoms with Gasteiger partial charge in [-0.1, -0.05) is 0 Å². The number of thiol groups is 1. The molecule has 0 aliphatic carbocycles. The van der Waals surface area contributed by atoms with E-state index in [2.05, 4.69) is 22.3 Å². The molecule has 0 bridgehead atoms. The molecule has 0 unspecified atom stereocenters. The minimum absolute atomic E-state index is 0.241. The van der Waals surface area contributed by atoms with Crippen LogP contribution in [0.1, 0.15) is 10.6 Å². The van der Waals surface area contributed by atoms with E-state index in [0.29, 0.717) is 10.8 Å². The van der Waals surface area contributed by atoms with Crippen LogP contribution in [-0.2, 0) is 16.0 Å². The number of ether oxygens (including phenoxy) is 1. The Morgan fingerprint density at radius 2 is 2.42 bits per heavy atom. The second-order valence-corrected chi connectivity index (χ2v) is 4.07. The zero-order valence-corrected chi connectivity index (χ0v) is 8.54. The molecule has 0 aromatic carbocycles. The van der Waals surface area contributed by atoms with E-state index >= 15 is 0 Å². The number of aryl methyl sites for hydroxylation is 1. The molecule has 5 heteroatoms. The highest BCUT2D eigenvalue weighted by atomic mass is 32.2. The van der Waals surface area contributed by atoms with Crippen molar-refractivity contribution in [2.75, 3.05) is 7.11 Å². The van der Waals surface area contributed by atoms with Crippen LogP contribution in [0, 0.1) is 6.92 Å². The largest absolute Gasteiger partial charge is 0.469 e. The lowest BCUT2D eigenvalue weighted by Gasteiger charge is -1.95. The van der Waals surface area contributed by atoms with Crippen molar-refractivity contribution in [3.8, 4) is 0 Å². The highest BCUT2D eigenvalue weighted by Crippen LogP contribution is 2.21. The smallest absolute Gasteiger partial charge is 0.310 e. The van der Waals surface area contributed by atoms with Crippen LogP contribution in [0.3, 0.4) is 0 Å². The number of nitrogens with zero attached hydrogens (tertiary/aromatic N) is 1. The van der Waals surface area contributed by atoms with E-state index in [1.54, 1.807) is 0 Å². The molecular formula is C7H9NO2S2. The third-order valence-electron chi connectivity index (χ3n) is 1.41. The van der Waals surface area contributed by atoms with Crippen molar-refractivity contribution in [3.63, 3.8) is 0 Å². The number of rotatable bonds is 2. The monoisotopic (exact) mass is 203 g/mol. The Balaban J connectivity index is 2.75. The molecule has 0 saturated heterocycles. The summed E-state index contributed by atoms with van der Waals surface area (Å²) in [5, 5.41) is 0. The second kappa shape index (κ2) is 3.91. The maximum absolute atomic E-state index is 10.9. The molecule has 0 radical (unpaired) electrons. The Morgan fingerprint density at radius 3 is 2.83 bits per heavy atom. The lowest BCUT2D eigenvalue weighted by Crippen LogP contribution is -2.03. The van der Waals surface area contributed by atoms with Crippen molar-refractivity contribution >= 4 is 29.9 Å². The molecule has 1 aromatic rings. The van der Waals surface area contributed by atoms with Gasteiger partial charge in [-0.25, -0.2) is 4.98 Å². The summed E-state index contributed by atoms with van der Waals surface area (Å²) < 4.78 is 5.22. The van der Waals surface area contributed by atoms with Crippen LogP contribution in [0.2, 0.25) is 0 Å². The summed E-state index contributed by atoms with van der Waals surface area (Å²) >= 11 is 5.49. The van der Waals surface area contributed by atoms with Crippen LogP contribution < -0.4 is 0 Å². The van der Waals surface area contributed by atoms with E-state index in [9.17, 15) is 4.79 Å². The number of esters is 1. The molecule has 0 aliphatic heterocycles. The van der Waals surface area contributed by atoms with Crippen molar-refractivity contribution in [1.82, 2.24) is 4.98 Å². The zero-order valence-electron chi connectivity index (χ0n) is 6.83. The molecule has 3 nitrogen and oxygen atoms in total. The Kier molecular flexibility index (Phi) is 3.11. The Bertz CT molecular complexity index is 296. The van der Waals surface area contributed by atoms with Crippen LogP contribution >= 0.6 is 24.0 Å². The highest BCUT2D eigenvalue weighted by Gasteiger charge is 2.09. The molecule has 0 aliphatic rings. The minimum Gasteiger partial charge on any atom is -0.469 e. The minimum atomic E-state index is -0.241. The first kappa shape index (κ1) is 9.54. The fraction of sp³-hybridized carbons (Fsp3) is 0.429. The van der Waals surface area contributed by atoms with E-state index in [1.807, 2.05) is 6.92 Å². The predicted octanol–water partition coefficient (Wildman–Crippen LogP) is 1.46. The van der Waals surface area contributed by atoms with Gasteiger partial charge in [0.2, 0.25) is 0 Å². The maximum atomic E-state index is 10.9. The SMILES string of the molecule is COC(=O)Cc1sc(S)nc1C. The molecule has 66 valence electrons. The van der Waals surface area contributed by atoms with Crippen molar-refractivity contribution in [2.45, 2.75) is 17.7 Å². The first-order chi connectivity index (χ1) is 5.63. The molecule has 0 fully saturated rings. The zero-order chi connectivity index (χ0) is 9.14. The van der Waals surface area contributed by atoms with Crippen LogP contribution in [0.15, 0.2) is 4.34 Å². The standard InChI is InChI=1S/C7H9NO2S2/c1-4-5(3-6(9)10-2)12-7(11)8-4/h3H2,1-2H3,(H,8,11). The number of thiazole rings is 1. The fourth-order valence-corrected chi connectivity index (χ4v) is 2.05. The Hall–Kier alpha value is -0.550. The van der Waals surface area contributed by atoms with Gasteiger partial charge in [-0.05, 0) is 6.92 Å². The van der Waals surface area contributed by atoms with Gasteiger partial charge in [0.25, 0.3) is 0 Å². The Morgan fingerprint density at radius 1 is 1.75 bits per heavy atom. The van der Waals surface area contributed by atoms with E-state index < -0.39 is 0 Å². The molecule has 0 saturated carbocycles. The average molecular weight is 203 g/mol. The van der Waals surface area contributed by atoms with Crippen molar-refractivity contribution < 1.29 is 9.53 Å². The average Bonchev–Trinajstić information content (AvgIpc) is 2.30. The molecule has 12 heavy (non-hydrogen) atoms. The Labute approximate surface area is 80.2 Å². The number of aromatic nitrogens is 1. The summed E-state index contributed by atoms with van der Waals surface area (Å²) in [6.07, 6.45) is 0.292. The van der Waals surface area contributed by atoms with Crippen molar-refractivity contribution in [3.05, 3.63) is 10.6 Å². The third-order valence-corrected chi connectivity index (χ3v) is 2.75. The van der Waals surface area contributed by atoms with Crippen LogP contribution in [0.25, 0.3) is 0 Å². The predicted molar refractivity (Wildman–Crippen MR) is 49.8 cm³/mol. The first-order valence-corrected chi connectivity index (χ1v) is 4.62. The number of hydrogen-bond donors (Lipinski definition) is 1. The summed E-state index contributed by atoms with van der Waals surface area (Å²) in [5.74, 6) is -0.241. The van der Waals surface area contributed by atoms with Crippen molar-refractivity contribution in [2.24, 2.45) is 0 Å². The summed E-state index contributed by atoms with van der Waals surface area (Å²) in [6, 6.07) is 0.